The van der Waals surface area contributed by atoms with Crippen molar-refractivity contribution in [2.75, 3.05) is 20.6 Å². The Labute approximate surface area is 79.2 Å². The van der Waals surface area contributed by atoms with Crippen LogP contribution in [-0.4, -0.2) is 25.5 Å². The van der Waals surface area contributed by atoms with Gasteiger partial charge in [0.1, 0.15) is 0 Å². The zero-order valence-electron chi connectivity index (χ0n) is 10.1. The maximum atomic E-state index is 2.33. The number of hydrogen-bond acceptors (Lipinski definition) is 1. The first-order valence-electron chi connectivity index (χ1n) is 5.12. The van der Waals surface area contributed by atoms with Gasteiger partial charge in [0.15, 0.2) is 0 Å². The second-order valence-electron chi connectivity index (χ2n) is 4.15. The fraction of sp³-hybridized carbons (Fsp3) is 1.00. The normalized spacial score (nSPS) is 11.0. The lowest BCUT2D eigenvalue weighted by Crippen LogP contribution is -2.28. The van der Waals surface area contributed by atoms with Crippen molar-refractivity contribution in [3.63, 3.8) is 0 Å². The molecule has 0 fully saturated rings. The summed E-state index contributed by atoms with van der Waals surface area (Å²) in [5, 5.41) is 0. The molecule has 0 saturated heterocycles. The Hall–Kier alpha value is -0.0400. The molecular weight excluding hydrogens is 146 g/mol. The van der Waals surface area contributed by atoms with Gasteiger partial charge in [0, 0.05) is 6.54 Å². The van der Waals surface area contributed by atoms with Gasteiger partial charge in [-0.15, -0.1) is 0 Å². The van der Waals surface area contributed by atoms with Gasteiger partial charge in [0.25, 0.3) is 0 Å². The fourth-order valence-electron chi connectivity index (χ4n) is 1.61. The lowest BCUT2D eigenvalue weighted by atomic mass is 9.88. The first-order valence-corrected chi connectivity index (χ1v) is 5.12. The van der Waals surface area contributed by atoms with Crippen LogP contribution in [0.4, 0.5) is 0 Å². The molecule has 0 aliphatic rings. The molecule has 0 aromatic heterocycles. The van der Waals surface area contributed by atoms with Crippen LogP contribution in [0.15, 0.2) is 0 Å². The van der Waals surface area contributed by atoms with Gasteiger partial charge in [-0.2, -0.15) is 0 Å². The molecular formula is C11H27N. The average molecular weight is 173 g/mol. The molecule has 1 nitrogen and oxygen atoms in total. The van der Waals surface area contributed by atoms with E-state index in [9.17, 15) is 0 Å². The Morgan fingerprint density at radius 1 is 1.08 bits per heavy atom. The highest BCUT2D eigenvalue weighted by Crippen LogP contribution is 2.22. The van der Waals surface area contributed by atoms with Crippen molar-refractivity contribution in [2.45, 2.75) is 47.5 Å². The maximum absolute atomic E-state index is 2.33. The van der Waals surface area contributed by atoms with E-state index in [0.717, 1.165) is 0 Å². The monoisotopic (exact) mass is 173 g/mol. The molecule has 0 aliphatic carbocycles. The summed E-state index contributed by atoms with van der Waals surface area (Å²) in [7, 11) is 4.27. The van der Waals surface area contributed by atoms with E-state index in [1.165, 1.54) is 19.4 Å². The average Bonchev–Trinajstić information content (AvgIpc) is 1.88. The van der Waals surface area contributed by atoms with Crippen molar-refractivity contribution in [3.8, 4) is 0 Å². The van der Waals surface area contributed by atoms with Crippen LogP contribution in [0.1, 0.15) is 47.5 Å². The molecule has 0 saturated carbocycles. The van der Waals surface area contributed by atoms with Gasteiger partial charge in [-0.3, -0.25) is 0 Å². The van der Waals surface area contributed by atoms with E-state index in [2.05, 4.69) is 39.8 Å². The van der Waals surface area contributed by atoms with E-state index < -0.39 is 0 Å². The van der Waals surface area contributed by atoms with Gasteiger partial charge >= 0.3 is 0 Å². The molecule has 0 heterocycles. The van der Waals surface area contributed by atoms with Crippen LogP contribution in [0.2, 0.25) is 0 Å². The zero-order chi connectivity index (χ0) is 10.2. The zero-order valence-corrected chi connectivity index (χ0v) is 10.1. The molecule has 1 heteroatoms. The summed E-state index contributed by atoms with van der Waals surface area (Å²) in [5.41, 5.74) is 0.498. The second-order valence-corrected chi connectivity index (χ2v) is 4.15. The number of hydrogen-bond donors (Lipinski definition) is 0. The quantitative estimate of drug-likeness (QED) is 0.630. The van der Waals surface area contributed by atoms with Crippen molar-refractivity contribution in [1.29, 1.82) is 0 Å². The van der Waals surface area contributed by atoms with E-state index in [-0.39, 0.29) is 0 Å². The summed E-state index contributed by atoms with van der Waals surface area (Å²) in [6.07, 6.45) is 2.62. The van der Waals surface area contributed by atoms with E-state index in [0.29, 0.717) is 5.41 Å². The SMILES string of the molecule is CC.CCCC(C)(C)CN(C)C. The topological polar surface area (TPSA) is 3.24 Å². The standard InChI is InChI=1S/C9H21N.C2H6/c1-6-7-9(2,3)8-10(4)5;1-2/h6-8H2,1-5H3;1-2H3. The van der Waals surface area contributed by atoms with E-state index in [1.807, 2.05) is 13.8 Å². The molecule has 0 unspecified atom stereocenters. The van der Waals surface area contributed by atoms with Crippen molar-refractivity contribution < 1.29 is 0 Å². The van der Waals surface area contributed by atoms with Gasteiger partial charge in [-0.05, 0) is 25.9 Å². The van der Waals surface area contributed by atoms with Gasteiger partial charge < -0.3 is 4.90 Å². The molecule has 76 valence electrons. The molecule has 0 amide bonds. The van der Waals surface area contributed by atoms with Crippen LogP contribution in [0.3, 0.4) is 0 Å². The fourth-order valence-corrected chi connectivity index (χ4v) is 1.61. The van der Waals surface area contributed by atoms with Crippen molar-refractivity contribution >= 4 is 0 Å². The summed E-state index contributed by atoms with van der Waals surface area (Å²) in [6.45, 7) is 12.1. The van der Waals surface area contributed by atoms with Gasteiger partial charge in [-0.25, -0.2) is 0 Å². The predicted molar refractivity (Wildman–Crippen MR) is 58.6 cm³/mol. The van der Waals surface area contributed by atoms with E-state index >= 15 is 0 Å². The Balaban J connectivity index is 0. The third-order valence-corrected chi connectivity index (χ3v) is 1.67. The Morgan fingerprint density at radius 3 is 1.75 bits per heavy atom. The molecule has 0 N–H and O–H groups in total. The minimum atomic E-state index is 0.498. The molecule has 0 aliphatic heterocycles. The van der Waals surface area contributed by atoms with Crippen LogP contribution in [0.5, 0.6) is 0 Å². The van der Waals surface area contributed by atoms with Crippen molar-refractivity contribution in [3.05, 3.63) is 0 Å². The predicted octanol–water partition coefficient (Wildman–Crippen LogP) is 3.40. The number of rotatable bonds is 4. The summed E-state index contributed by atoms with van der Waals surface area (Å²) in [6, 6.07) is 0. The van der Waals surface area contributed by atoms with Crippen molar-refractivity contribution in [2.24, 2.45) is 5.41 Å². The second kappa shape index (κ2) is 7.60. The molecule has 0 atom stereocenters. The van der Waals surface area contributed by atoms with Gasteiger partial charge in [0.05, 0.1) is 0 Å². The minimum Gasteiger partial charge on any atom is -0.309 e. The Bertz CT molecular complexity index is 85.0. The minimum absolute atomic E-state index is 0.498. The van der Waals surface area contributed by atoms with Gasteiger partial charge in [0.2, 0.25) is 0 Å². The summed E-state index contributed by atoms with van der Waals surface area (Å²) in [4.78, 5) is 2.26. The van der Waals surface area contributed by atoms with Crippen LogP contribution in [-0.2, 0) is 0 Å². The molecule has 0 aromatic rings. The van der Waals surface area contributed by atoms with Crippen molar-refractivity contribution in [1.82, 2.24) is 4.90 Å². The molecule has 0 radical (unpaired) electrons. The first-order chi connectivity index (χ1) is 5.48. The summed E-state index contributed by atoms with van der Waals surface area (Å²) < 4.78 is 0. The molecule has 0 bridgehead atoms. The molecule has 0 spiro atoms. The van der Waals surface area contributed by atoms with E-state index in [4.69, 9.17) is 0 Å². The smallest absolute Gasteiger partial charge is 0.00266 e. The highest BCUT2D eigenvalue weighted by atomic mass is 15.1. The Kier molecular flexibility index (Phi) is 9.17. The maximum Gasteiger partial charge on any atom is 0.00266 e. The molecule has 12 heavy (non-hydrogen) atoms. The summed E-state index contributed by atoms with van der Waals surface area (Å²) >= 11 is 0. The highest BCUT2D eigenvalue weighted by molar-refractivity contribution is 4.69. The molecule has 0 aromatic carbocycles. The third-order valence-electron chi connectivity index (χ3n) is 1.67. The third kappa shape index (κ3) is 9.96. The van der Waals surface area contributed by atoms with Crippen LogP contribution < -0.4 is 0 Å². The molecule has 0 rings (SSSR count). The van der Waals surface area contributed by atoms with Gasteiger partial charge in [-0.1, -0.05) is 41.0 Å². The van der Waals surface area contributed by atoms with Crippen LogP contribution in [0, 0.1) is 5.41 Å². The first kappa shape index (κ1) is 14.5. The number of nitrogens with zero attached hydrogens (tertiary/aromatic N) is 1. The van der Waals surface area contributed by atoms with Crippen LogP contribution in [0.25, 0.3) is 0 Å². The highest BCUT2D eigenvalue weighted by Gasteiger charge is 2.16. The lowest BCUT2D eigenvalue weighted by Gasteiger charge is -2.27. The Morgan fingerprint density at radius 2 is 1.50 bits per heavy atom. The van der Waals surface area contributed by atoms with Crippen LogP contribution >= 0.6 is 0 Å². The largest absolute Gasteiger partial charge is 0.309 e. The lowest BCUT2D eigenvalue weighted by molar-refractivity contribution is 0.224. The van der Waals surface area contributed by atoms with E-state index in [1.54, 1.807) is 0 Å². The summed E-state index contributed by atoms with van der Waals surface area (Å²) in [5.74, 6) is 0.